The van der Waals surface area contributed by atoms with Gasteiger partial charge in [0.15, 0.2) is 5.78 Å². The Balaban J connectivity index is 1.66. The zero-order valence-corrected chi connectivity index (χ0v) is 21.3. The Bertz CT molecular complexity index is 1280. The van der Waals surface area contributed by atoms with Gasteiger partial charge >= 0.3 is 0 Å². The van der Waals surface area contributed by atoms with Crippen LogP contribution in [0.5, 0.6) is 0 Å². The molecule has 5 rings (SSSR count). The molecule has 1 amide bonds. The third-order valence-corrected chi connectivity index (χ3v) is 7.46. The molecule has 36 heavy (non-hydrogen) atoms. The van der Waals surface area contributed by atoms with Gasteiger partial charge in [0.05, 0.1) is 17.4 Å². The number of para-hydroxylation sites is 2. The fraction of sp³-hybridized carbons (Fsp3) is 0.290. The molecule has 1 aliphatic heterocycles. The summed E-state index contributed by atoms with van der Waals surface area (Å²) in [6.45, 7) is 2.13. The predicted octanol–water partition coefficient (Wildman–Crippen LogP) is 7.82. The van der Waals surface area contributed by atoms with Crippen molar-refractivity contribution in [3.8, 4) is 0 Å². The van der Waals surface area contributed by atoms with E-state index in [2.05, 4.69) is 24.4 Å². The smallest absolute Gasteiger partial charge is 0.227 e. The number of benzene rings is 3. The summed E-state index contributed by atoms with van der Waals surface area (Å²) in [6, 6.07) is 25.1. The molecular weight excluding hydrogens is 468 g/mol. The summed E-state index contributed by atoms with van der Waals surface area (Å²) in [5.74, 6) is 0.205. The van der Waals surface area contributed by atoms with Crippen molar-refractivity contribution < 1.29 is 9.59 Å². The summed E-state index contributed by atoms with van der Waals surface area (Å²) in [6.07, 6.45) is 4.43. The Morgan fingerprint density at radius 3 is 2.39 bits per heavy atom. The van der Waals surface area contributed by atoms with Gasteiger partial charge in [0.2, 0.25) is 5.91 Å². The Morgan fingerprint density at radius 2 is 1.64 bits per heavy atom. The Hall–Kier alpha value is -3.37. The Morgan fingerprint density at radius 1 is 0.917 bits per heavy atom. The van der Waals surface area contributed by atoms with E-state index in [1.165, 1.54) is 0 Å². The minimum absolute atomic E-state index is 0.0318. The predicted molar refractivity (Wildman–Crippen MR) is 146 cm³/mol. The highest BCUT2D eigenvalue weighted by atomic mass is 35.5. The van der Waals surface area contributed by atoms with Gasteiger partial charge in [-0.15, -0.1) is 0 Å². The van der Waals surface area contributed by atoms with E-state index in [1.54, 1.807) is 0 Å². The largest absolute Gasteiger partial charge is 0.357 e. The molecule has 184 valence electrons. The van der Waals surface area contributed by atoms with Gasteiger partial charge in [-0.1, -0.05) is 86.0 Å². The number of rotatable bonds is 6. The molecule has 0 unspecified atom stereocenters. The van der Waals surface area contributed by atoms with E-state index in [4.69, 9.17) is 11.6 Å². The number of halogens is 1. The second-order valence-corrected chi connectivity index (χ2v) is 10.1. The SMILES string of the molecule is CCCCCC(=O)N1c2ccccc2NC2=C(C(=O)C[C@H](c3ccccc3)C2)[C@H]1c1ccc(Cl)cc1. The molecular formula is C31H31ClN2O2. The Labute approximate surface area is 218 Å². The minimum atomic E-state index is -0.508. The molecule has 0 spiro atoms. The number of unbranched alkanes of at least 4 members (excludes halogenated alkanes) is 2. The maximum atomic E-state index is 13.9. The summed E-state index contributed by atoms with van der Waals surface area (Å²) in [5, 5.41) is 4.22. The Kier molecular flexibility index (Phi) is 7.24. The topological polar surface area (TPSA) is 49.4 Å². The van der Waals surface area contributed by atoms with E-state index in [1.807, 2.05) is 71.6 Å². The van der Waals surface area contributed by atoms with Crippen LogP contribution in [0.15, 0.2) is 90.1 Å². The lowest BCUT2D eigenvalue weighted by Gasteiger charge is -2.35. The molecule has 2 atom stereocenters. The van der Waals surface area contributed by atoms with Gasteiger partial charge < -0.3 is 5.32 Å². The first-order valence-corrected chi connectivity index (χ1v) is 13.2. The molecule has 3 aromatic carbocycles. The normalized spacial score (nSPS) is 19.3. The van der Waals surface area contributed by atoms with Crippen molar-refractivity contribution in [2.45, 2.75) is 57.4 Å². The third-order valence-electron chi connectivity index (χ3n) is 7.21. The molecule has 0 saturated carbocycles. The van der Waals surface area contributed by atoms with Gasteiger partial charge in [0, 0.05) is 29.1 Å². The van der Waals surface area contributed by atoms with Crippen molar-refractivity contribution in [3.63, 3.8) is 0 Å². The average molecular weight is 499 g/mol. The first-order valence-electron chi connectivity index (χ1n) is 12.8. The van der Waals surface area contributed by atoms with Gasteiger partial charge in [-0.25, -0.2) is 0 Å². The monoisotopic (exact) mass is 498 g/mol. The summed E-state index contributed by atoms with van der Waals surface area (Å²) in [4.78, 5) is 29.6. The molecule has 4 nitrogen and oxygen atoms in total. The van der Waals surface area contributed by atoms with Gasteiger partial charge in [-0.2, -0.15) is 0 Å². The van der Waals surface area contributed by atoms with Crippen molar-refractivity contribution in [3.05, 3.63) is 106 Å². The van der Waals surface area contributed by atoms with Crippen molar-refractivity contribution in [2.75, 3.05) is 10.2 Å². The maximum absolute atomic E-state index is 13.9. The van der Waals surface area contributed by atoms with Crippen LogP contribution in [0.2, 0.25) is 5.02 Å². The van der Waals surface area contributed by atoms with Crippen LogP contribution in [0.3, 0.4) is 0 Å². The number of Topliss-reactive ketones (excluding diaryl/α,β-unsaturated/α-hetero) is 1. The highest BCUT2D eigenvalue weighted by Gasteiger charge is 2.41. The van der Waals surface area contributed by atoms with E-state index < -0.39 is 6.04 Å². The van der Waals surface area contributed by atoms with E-state index >= 15 is 0 Å². The molecule has 0 radical (unpaired) electrons. The molecule has 0 bridgehead atoms. The van der Waals surface area contributed by atoms with E-state index in [9.17, 15) is 9.59 Å². The summed E-state index contributed by atoms with van der Waals surface area (Å²) >= 11 is 6.23. The molecule has 2 aliphatic rings. The van der Waals surface area contributed by atoms with E-state index in [0.717, 1.165) is 47.5 Å². The lowest BCUT2D eigenvalue weighted by Crippen LogP contribution is -2.38. The zero-order valence-electron chi connectivity index (χ0n) is 20.5. The molecule has 0 aromatic heterocycles. The van der Waals surface area contributed by atoms with Crippen LogP contribution in [0, 0.1) is 0 Å². The number of carbonyl (C=O) groups excluding carboxylic acids is 2. The third kappa shape index (κ3) is 4.83. The highest BCUT2D eigenvalue weighted by Crippen LogP contribution is 2.47. The number of ketones is 1. The first-order chi connectivity index (χ1) is 17.6. The maximum Gasteiger partial charge on any atom is 0.227 e. The molecule has 3 aromatic rings. The number of anilines is 2. The zero-order chi connectivity index (χ0) is 25.1. The average Bonchev–Trinajstić information content (AvgIpc) is 3.04. The van der Waals surface area contributed by atoms with Gasteiger partial charge in [0.25, 0.3) is 0 Å². The van der Waals surface area contributed by atoms with Gasteiger partial charge in [-0.3, -0.25) is 14.5 Å². The quantitative estimate of drug-likeness (QED) is 0.352. The number of fused-ring (bicyclic) bond motifs is 1. The lowest BCUT2D eigenvalue weighted by atomic mass is 9.78. The van der Waals surface area contributed by atoms with Gasteiger partial charge in [-0.05, 0) is 54.2 Å². The molecule has 1 heterocycles. The van der Waals surface area contributed by atoms with E-state index in [-0.39, 0.29) is 17.6 Å². The minimum Gasteiger partial charge on any atom is -0.357 e. The summed E-state index contributed by atoms with van der Waals surface area (Å²) in [7, 11) is 0. The van der Waals surface area contributed by atoms with Crippen LogP contribution in [0.25, 0.3) is 0 Å². The first kappa shape index (κ1) is 24.3. The lowest BCUT2D eigenvalue weighted by molar-refractivity contribution is -0.119. The van der Waals surface area contributed by atoms with Crippen molar-refractivity contribution in [1.82, 2.24) is 0 Å². The van der Waals surface area contributed by atoms with Crippen LogP contribution < -0.4 is 10.2 Å². The number of carbonyl (C=O) groups is 2. The van der Waals surface area contributed by atoms with E-state index in [0.29, 0.717) is 29.9 Å². The highest BCUT2D eigenvalue weighted by molar-refractivity contribution is 6.30. The fourth-order valence-electron chi connectivity index (χ4n) is 5.43. The van der Waals surface area contributed by atoms with Crippen molar-refractivity contribution >= 4 is 34.7 Å². The van der Waals surface area contributed by atoms with Crippen LogP contribution in [-0.2, 0) is 9.59 Å². The van der Waals surface area contributed by atoms with Crippen LogP contribution >= 0.6 is 11.6 Å². The molecule has 0 saturated heterocycles. The number of amides is 1. The van der Waals surface area contributed by atoms with Crippen molar-refractivity contribution in [1.29, 1.82) is 0 Å². The second-order valence-electron chi connectivity index (χ2n) is 9.65. The van der Waals surface area contributed by atoms with Crippen LogP contribution in [-0.4, -0.2) is 11.7 Å². The molecule has 0 fully saturated rings. The fourth-order valence-corrected chi connectivity index (χ4v) is 5.56. The number of hydrogen-bond acceptors (Lipinski definition) is 3. The number of allylic oxidation sites excluding steroid dienone is 1. The molecule has 5 heteroatoms. The summed E-state index contributed by atoms with van der Waals surface area (Å²) < 4.78 is 0. The van der Waals surface area contributed by atoms with Crippen LogP contribution in [0.1, 0.15) is 68.5 Å². The number of nitrogens with one attached hydrogen (secondary N) is 1. The number of hydrogen-bond donors (Lipinski definition) is 1. The van der Waals surface area contributed by atoms with Gasteiger partial charge in [0.1, 0.15) is 0 Å². The standard InChI is InChI=1S/C31H31ClN2O2/c1-2-3-5-14-29(36)34-27-13-9-8-12-25(27)33-26-19-23(21-10-6-4-7-11-21)20-28(35)30(26)31(34)22-15-17-24(32)18-16-22/h4,6-13,15-18,23,31,33H,2-3,5,14,19-20H2,1H3/t23-,31-/m1/s1. The summed E-state index contributed by atoms with van der Waals surface area (Å²) in [5.41, 5.74) is 5.29. The molecule has 1 N–H and O–H groups in total. The van der Waals surface area contributed by atoms with Crippen LogP contribution in [0.4, 0.5) is 11.4 Å². The molecule has 1 aliphatic carbocycles. The second kappa shape index (κ2) is 10.7. The van der Waals surface area contributed by atoms with Crippen molar-refractivity contribution in [2.24, 2.45) is 0 Å². The number of nitrogens with zero attached hydrogens (tertiary/aromatic N) is 1.